The number of benzene rings is 1. The Balaban J connectivity index is 1.97. The molecular formula is C14H18N4O2. The summed E-state index contributed by atoms with van der Waals surface area (Å²) >= 11 is 0. The summed E-state index contributed by atoms with van der Waals surface area (Å²) in [6.45, 7) is 2.58. The molecule has 1 aromatic heterocycles. The Morgan fingerprint density at radius 2 is 2.20 bits per heavy atom. The molecule has 0 aliphatic carbocycles. The largest absolute Gasteiger partial charge is 0.408 e. The lowest BCUT2D eigenvalue weighted by molar-refractivity contribution is 0.0963. The van der Waals surface area contributed by atoms with Gasteiger partial charge < -0.3 is 15.1 Å². The number of rotatable bonds is 6. The van der Waals surface area contributed by atoms with Gasteiger partial charge >= 0.3 is 6.01 Å². The van der Waals surface area contributed by atoms with Gasteiger partial charge in [0.25, 0.3) is 5.91 Å². The van der Waals surface area contributed by atoms with Crippen molar-refractivity contribution in [3.63, 3.8) is 0 Å². The van der Waals surface area contributed by atoms with Crippen molar-refractivity contribution in [2.75, 3.05) is 12.4 Å². The first-order chi connectivity index (χ1) is 9.72. The van der Waals surface area contributed by atoms with Crippen molar-refractivity contribution < 1.29 is 9.21 Å². The predicted octanol–water partition coefficient (Wildman–Crippen LogP) is 1.99. The first-order valence-electron chi connectivity index (χ1n) is 6.60. The molecule has 0 saturated carbocycles. The second-order valence-corrected chi connectivity index (χ2v) is 4.38. The van der Waals surface area contributed by atoms with Crippen LogP contribution in [0.2, 0.25) is 0 Å². The Kier molecular flexibility index (Phi) is 4.70. The van der Waals surface area contributed by atoms with E-state index < -0.39 is 0 Å². The summed E-state index contributed by atoms with van der Waals surface area (Å²) in [7, 11) is 1.61. The molecule has 2 N–H and O–H groups in total. The van der Waals surface area contributed by atoms with E-state index in [2.05, 4.69) is 27.8 Å². The van der Waals surface area contributed by atoms with Crippen molar-refractivity contribution in [2.24, 2.45) is 0 Å². The highest BCUT2D eigenvalue weighted by molar-refractivity contribution is 5.94. The summed E-state index contributed by atoms with van der Waals surface area (Å²) in [5.74, 6) is 0.531. The van der Waals surface area contributed by atoms with Crippen LogP contribution in [0.15, 0.2) is 28.7 Å². The van der Waals surface area contributed by atoms with Crippen molar-refractivity contribution in [1.29, 1.82) is 0 Å². The lowest BCUT2D eigenvalue weighted by Crippen LogP contribution is -2.17. The normalized spacial score (nSPS) is 10.3. The molecule has 1 amide bonds. The molecule has 1 heterocycles. The smallest absolute Gasteiger partial charge is 0.315 e. The number of anilines is 1. The second-order valence-electron chi connectivity index (χ2n) is 4.38. The van der Waals surface area contributed by atoms with Gasteiger partial charge in [-0.1, -0.05) is 24.2 Å². The molecule has 1 aromatic carbocycles. The van der Waals surface area contributed by atoms with Gasteiger partial charge in [0.2, 0.25) is 5.89 Å². The number of aromatic nitrogens is 2. The quantitative estimate of drug-likeness (QED) is 0.842. The fourth-order valence-electron chi connectivity index (χ4n) is 1.78. The molecule has 0 spiro atoms. The van der Waals surface area contributed by atoms with Gasteiger partial charge in [-0.2, -0.15) is 0 Å². The van der Waals surface area contributed by atoms with E-state index in [-0.39, 0.29) is 5.91 Å². The average molecular weight is 274 g/mol. The van der Waals surface area contributed by atoms with Gasteiger partial charge in [-0.05, 0) is 24.1 Å². The highest BCUT2D eigenvalue weighted by Crippen LogP contribution is 2.10. The van der Waals surface area contributed by atoms with Crippen LogP contribution in [0.25, 0.3) is 0 Å². The van der Waals surface area contributed by atoms with Crippen LogP contribution in [0.3, 0.4) is 0 Å². The second kappa shape index (κ2) is 6.70. The maximum atomic E-state index is 11.5. The minimum Gasteiger partial charge on any atom is -0.408 e. The highest BCUT2D eigenvalue weighted by Gasteiger charge is 2.06. The van der Waals surface area contributed by atoms with Gasteiger partial charge in [0.15, 0.2) is 0 Å². The average Bonchev–Trinajstić information content (AvgIpc) is 2.93. The van der Waals surface area contributed by atoms with Crippen molar-refractivity contribution >= 4 is 11.9 Å². The number of carbonyl (C=O) groups excluding carboxylic acids is 1. The number of carbonyl (C=O) groups is 1. The fraction of sp³-hybridized carbons (Fsp3) is 0.357. The Morgan fingerprint density at radius 3 is 2.95 bits per heavy atom. The molecule has 0 bridgehead atoms. The van der Waals surface area contributed by atoms with Crippen LogP contribution in [-0.4, -0.2) is 23.2 Å². The van der Waals surface area contributed by atoms with Crippen LogP contribution in [0.4, 0.5) is 6.01 Å². The molecule has 6 nitrogen and oxygen atoms in total. The van der Waals surface area contributed by atoms with Crippen molar-refractivity contribution in [3.05, 3.63) is 41.3 Å². The van der Waals surface area contributed by atoms with E-state index in [1.807, 2.05) is 18.2 Å². The Morgan fingerprint density at radius 1 is 1.35 bits per heavy atom. The Hall–Kier alpha value is -2.37. The number of nitrogens with one attached hydrogen (secondary N) is 2. The lowest BCUT2D eigenvalue weighted by atomic mass is 10.1. The Labute approximate surface area is 117 Å². The standard InChI is InChI=1S/C14H18N4O2/c1-3-5-12-17-18-14(20-12)16-9-10-6-4-7-11(8-10)13(19)15-2/h4,6-8H,3,5,9H2,1-2H3,(H,15,19)(H,16,18). The van der Waals surface area contributed by atoms with E-state index in [1.165, 1.54) is 0 Å². The number of aryl methyl sites for hydroxylation is 1. The summed E-state index contributed by atoms with van der Waals surface area (Å²) in [5, 5.41) is 13.5. The van der Waals surface area contributed by atoms with E-state index in [0.717, 1.165) is 18.4 Å². The van der Waals surface area contributed by atoms with E-state index in [1.54, 1.807) is 13.1 Å². The number of hydrogen-bond donors (Lipinski definition) is 2. The minimum atomic E-state index is -0.102. The molecule has 2 rings (SSSR count). The van der Waals surface area contributed by atoms with Crippen LogP contribution in [0, 0.1) is 0 Å². The third-order valence-electron chi connectivity index (χ3n) is 2.79. The predicted molar refractivity (Wildman–Crippen MR) is 75.5 cm³/mol. The molecule has 6 heteroatoms. The topological polar surface area (TPSA) is 80.0 Å². The van der Waals surface area contributed by atoms with Crippen molar-refractivity contribution in [2.45, 2.75) is 26.3 Å². The number of nitrogens with zero attached hydrogens (tertiary/aromatic N) is 2. The molecule has 0 aliphatic heterocycles. The van der Waals surface area contributed by atoms with Gasteiger partial charge in [0.1, 0.15) is 0 Å². The zero-order valence-corrected chi connectivity index (χ0v) is 11.6. The van der Waals surface area contributed by atoms with E-state index in [9.17, 15) is 4.79 Å². The maximum Gasteiger partial charge on any atom is 0.315 e. The van der Waals surface area contributed by atoms with Gasteiger partial charge in [0, 0.05) is 25.6 Å². The zero-order valence-electron chi connectivity index (χ0n) is 11.6. The summed E-state index contributed by atoms with van der Waals surface area (Å²) in [6.07, 6.45) is 1.75. The first-order valence-corrected chi connectivity index (χ1v) is 6.60. The third kappa shape index (κ3) is 3.57. The van der Waals surface area contributed by atoms with Crippen molar-refractivity contribution in [3.8, 4) is 0 Å². The van der Waals surface area contributed by atoms with Gasteiger partial charge in [-0.25, -0.2) is 0 Å². The molecule has 0 atom stereocenters. The van der Waals surface area contributed by atoms with E-state index >= 15 is 0 Å². The van der Waals surface area contributed by atoms with Crippen LogP contribution < -0.4 is 10.6 Å². The molecule has 20 heavy (non-hydrogen) atoms. The molecule has 0 unspecified atom stereocenters. The van der Waals surface area contributed by atoms with Crippen LogP contribution in [-0.2, 0) is 13.0 Å². The molecular weight excluding hydrogens is 256 g/mol. The molecule has 106 valence electrons. The summed E-state index contributed by atoms with van der Waals surface area (Å²) in [5.41, 5.74) is 1.60. The number of amides is 1. The lowest BCUT2D eigenvalue weighted by Gasteiger charge is -2.04. The fourth-order valence-corrected chi connectivity index (χ4v) is 1.78. The molecule has 0 fully saturated rings. The van der Waals surface area contributed by atoms with Gasteiger partial charge in [0.05, 0.1) is 0 Å². The number of hydrogen-bond acceptors (Lipinski definition) is 5. The van der Waals surface area contributed by atoms with Crippen LogP contribution >= 0.6 is 0 Å². The Bertz CT molecular complexity index is 580. The summed E-state index contributed by atoms with van der Waals surface area (Å²) < 4.78 is 5.43. The highest BCUT2D eigenvalue weighted by atomic mass is 16.4. The third-order valence-corrected chi connectivity index (χ3v) is 2.79. The van der Waals surface area contributed by atoms with Crippen molar-refractivity contribution in [1.82, 2.24) is 15.5 Å². The molecule has 0 radical (unpaired) electrons. The maximum absolute atomic E-state index is 11.5. The summed E-state index contributed by atoms with van der Waals surface area (Å²) in [4.78, 5) is 11.5. The van der Waals surface area contributed by atoms with Crippen LogP contribution in [0.1, 0.15) is 35.2 Å². The van der Waals surface area contributed by atoms with E-state index in [0.29, 0.717) is 24.0 Å². The van der Waals surface area contributed by atoms with Gasteiger partial charge in [-0.3, -0.25) is 4.79 Å². The molecule has 0 saturated heterocycles. The van der Waals surface area contributed by atoms with Gasteiger partial charge in [-0.15, -0.1) is 5.10 Å². The SMILES string of the molecule is CCCc1nnc(NCc2cccc(C(=O)NC)c2)o1. The molecule has 0 aliphatic rings. The monoisotopic (exact) mass is 274 g/mol. The summed E-state index contributed by atoms with van der Waals surface area (Å²) in [6, 6.07) is 7.78. The molecule has 2 aromatic rings. The van der Waals surface area contributed by atoms with Crippen LogP contribution in [0.5, 0.6) is 0 Å². The minimum absolute atomic E-state index is 0.102. The van der Waals surface area contributed by atoms with E-state index in [4.69, 9.17) is 4.42 Å². The zero-order chi connectivity index (χ0) is 14.4. The first kappa shape index (κ1) is 14.0.